The normalized spacial score (nSPS) is 7.91. The fourth-order valence-electron chi connectivity index (χ4n) is 1.05. The lowest BCUT2D eigenvalue weighted by molar-refractivity contribution is -0.126. The second-order valence-corrected chi connectivity index (χ2v) is 4.74. The third-order valence-electron chi connectivity index (χ3n) is 1.49. The van der Waals surface area contributed by atoms with E-state index in [0.717, 1.165) is 0 Å². The molecular formula is C15H27AlO6. The van der Waals surface area contributed by atoms with Crippen molar-refractivity contribution < 1.29 is 28.8 Å². The smallest absolute Gasteiger partial charge is 0.187 e. The standard InChI is InChI=1S/3C5H8O2.Al.3H/c3*1-4(6)3-5(2)7;;;;/h3*3H2,1-2H3;;;;. The van der Waals surface area contributed by atoms with Gasteiger partial charge in [0, 0.05) is 0 Å². The molecule has 0 rings (SSSR count). The summed E-state index contributed by atoms with van der Waals surface area (Å²) in [6.45, 7) is 8.42. The Kier molecular flexibility index (Phi) is 22.9. The van der Waals surface area contributed by atoms with Crippen molar-refractivity contribution >= 4 is 52.1 Å². The minimum Gasteiger partial charge on any atom is -0.300 e. The number of carbonyl (C=O) groups excluding carboxylic acids is 6. The van der Waals surface area contributed by atoms with Gasteiger partial charge < -0.3 is 0 Å². The summed E-state index contributed by atoms with van der Waals surface area (Å²) in [7, 11) is 0. The van der Waals surface area contributed by atoms with Crippen LogP contribution in [0.25, 0.3) is 0 Å². The summed E-state index contributed by atoms with van der Waals surface area (Å²) in [6.07, 6.45) is 0.250. The lowest BCUT2D eigenvalue weighted by Gasteiger charge is -1.81. The molecular weight excluding hydrogens is 303 g/mol. The van der Waals surface area contributed by atoms with Gasteiger partial charge in [0.15, 0.2) is 17.4 Å². The van der Waals surface area contributed by atoms with Crippen LogP contribution in [0.3, 0.4) is 0 Å². The van der Waals surface area contributed by atoms with Crippen molar-refractivity contribution in [2.75, 3.05) is 0 Å². The van der Waals surface area contributed by atoms with E-state index in [1.165, 1.54) is 41.5 Å². The van der Waals surface area contributed by atoms with E-state index in [1.54, 1.807) is 0 Å². The lowest BCUT2D eigenvalue weighted by atomic mass is 10.2. The van der Waals surface area contributed by atoms with Crippen molar-refractivity contribution in [3.8, 4) is 0 Å². The van der Waals surface area contributed by atoms with Crippen LogP contribution < -0.4 is 0 Å². The Bertz CT molecular complexity index is 314. The first-order chi connectivity index (χ1) is 9.38. The zero-order valence-corrected chi connectivity index (χ0v) is 13.6. The van der Waals surface area contributed by atoms with Gasteiger partial charge in [0.2, 0.25) is 0 Å². The van der Waals surface area contributed by atoms with Crippen molar-refractivity contribution in [1.29, 1.82) is 0 Å². The molecule has 0 aliphatic heterocycles. The van der Waals surface area contributed by atoms with Crippen LogP contribution in [0, 0.1) is 0 Å². The van der Waals surface area contributed by atoms with Crippen LogP contribution in [-0.2, 0) is 28.8 Å². The van der Waals surface area contributed by atoms with Crippen LogP contribution in [0.2, 0.25) is 0 Å². The largest absolute Gasteiger partial charge is 0.300 e. The van der Waals surface area contributed by atoms with Gasteiger partial charge in [0.25, 0.3) is 0 Å². The summed E-state index contributed by atoms with van der Waals surface area (Å²) in [5.74, 6) is -0.375. The molecule has 0 aromatic carbocycles. The number of Topliss-reactive ketones (excluding diaryl/α,β-unsaturated/α-hetero) is 6. The molecule has 0 radical (unpaired) electrons. The van der Waals surface area contributed by atoms with E-state index in [-0.39, 0.29) is 71.3 Å². The summed E-state index contributed by atoms with van der Waals surface area (Å²) in [5.41, 5.74) is 0. The SMILES string of the molecule is CC(=O)CC(C)=O.CC(=O)CC(C)=O.CC(=O)CC(C)=O.[AlH3]. The van der Waals surface area contributed by atoms with Gasteiger partial charge in [-0.2, -0.15) is 0 Å². The van der Waals surface area contributed by atoms with Gasteiger partial charge in [-0.15, -0.1) is 0 Å². The highest BCUT2D eigenvalue weighted by atomic mass is 27.0. The van der Waals surface area contributed by atoms with Crippen LogP contribution >= 0.6 is 0 Å². The van der Waals surface area contributed by atoms with Gasteiger partial charge in [-0.3, -0.25) is 28.8 Å². The average molecular weight is 330 g/mol. The van der Waals surface area contributed by atoms with Crippen molar-refractivity contribution in [2.24, 2.45) is 0 Å². The molecule has 0 amide bonds. The van der Waals surface area contributed by atoms with Gasteiger partial charge in [-0.1, -0.05) is 0 Å². The van der Waals surface area contributed by atoms with Gasteiger partial charge >= 0.3 is 0 Å². The lowest BCUT2D eigenvalue weighted by Crippen LogP contribution is -1.97. The van der Waals surface area contributed by atoms with Crippen LogP contribution in [0.1, 0.15) is 60.8 Å². The zero-order chi connectivity index (χ0) is 17.6. The first-order valence-electron chi connectivity index (χ1n) is 6.35. The Hall–Kier alpha value is -1.45. The number of hydrogen-bond acceptors (Lipinski definition) is 6. The predicted molar refractivity (Wildman–Crippen MR) is 87.9 cm³/mol. The maximum atomic E-state index is 10.0. The van der Waals surface area contributed by atoms with Gasteiger partial charge in [0.05, 0.1) is 19.3 Å². The summed E-state index contributed by atoms with van der Waals surface area (Å²) in [5, 5.41) is 0. The van der Waals surface area contributed by atoms with Crippen molar-refractivity contribution in [3.05, 3.63) is 0 Å². The van der Waals surface area contributed by atoms with Crippen LogP contribution in [0.4, 0.5) is 0 Å². The molecule has 0 atom stereocenters. The Morgan fingerprint density at radius 3 is 0.500 bits per heavy atom. The highest BCUT2D eigenvalue weighted by Gasteiger charge is 1.95. The third kappa shape index (κ3) is 51.3. The van der Waals surface area contributed by atoms with Crippen LogP contribution in [0.5, 0.6) is 0 Å². The Labute approximate surface area is 142 Å². The minimum absolute atomic E-state index is 0. The van der Waals surface area contributed by atoms with E-state index < -0.39 is 0 Å². The number of carbonyl (C=O) groups is 6. The van der Waals surface area contributed by atoms with Crippen molar-refractivity contribution in [2.45, 2.75) is 60.8 Å². The molecule has 0 unspecified atom stereocenters. The fraction of sp³-hybridized carbons (Fsp3) is 0.600. The van der Waals surface area contributed by atoms with Crippen molar-refractivity contribution in [1.82, 2.24) is 0 Å². The maximum Gasteiger partial charge on any atom is 0.187 e. The highest BCUT2D eigenvalue weighted by Crippen LogP contribution is 1.81. The van der Waals surface area contributed by atoms with E-state index >= 15 is 0 Å². The molecule has 0 fully saturated rings. The molecule has 0 aliphatic rings. The molecule has 0 aliphatic carbocycles. The highest BCUT2D eigenvalue weighted by molar-refractivity contribution is 5.97. The maximum absolute atomic E-state index is 10.0. The molecule has 0 bridgehead atoms. The summed E-state index contributed by atoms with van der Waals surface area (Å²) >= 11 is 0. The Balaban J connectivity index is -0.000000108. The Morgan fingerprint density at radius 1 is 0.409 bits per heavy atom. The van der Waals surface area contributed by atoms with Gasteiger partial charge in [-0.05, 0) is 41.5 Å². The van der Waals surface area contributed by atoms with E-state index in [9.17, 15) is 28.8 Å². The second-order valence-electron chi connectivity index (χ2n) is 4.74. The molecule has 0 spiro atoms. The fourth-order valence-corrected chi connectivity index (χ4v) is 1.05. The second kappa shape index (κ2) is 17.6. The number of ketones is 6. The number of hydrogen-bond donors (Lipinski definition) is 0. The van der Waals surface area contributed by atoms with E-state index in [4.69, 9.17) is 0 Å². The summed E-state index contributed by atoms with van der Waals surface area (Å²) < 4.78 is 0. The molecule has 0 aromatic rings. The minimum atomic E-state index is -0.0625. The molecule has 22 heavy (non-hydrogen) atoms. The molecule has 0 saturated carbocycles. The van der Waals surface area contributed by atoms with E-state index in [2.05, 4.69) is 0 Å². The quantitative estimate of drug-likeness (QED) is 0.518. The zero-order valence-electron chi connectivity index (χ0n) is 13.6. The predicted octanol–water partition coefficient (Wildman–Crippen LogP) is 0.480. The average Bonchev–Trinajstić information content (AvgIpc) is 2.10. The molecule has 126 valence electrons. The van der Waals surface area contributed by atoms with E-state index in [1.807, 2.05) is 0 Å². The van der Waals surface area contributed by atoms with Crippen molar-refractivity contribution in [3.63, 3.8) is 0 Å². The van der Waals surface area contributed by atoms with Crippen LogP contribution in [0.15, 0.2) is 0 Å². The molecule has 0 heterocycles. The molecule has 6 nitrogen and oxygen atoms in total. The molecule has 0 saturated heterocycles. The molecule has 7 heteroatoms. The van der Waals surface area contributed by atoms with Gasteiger partial charge in [0.1, 0.15) is 34.7 Å². The first kappa shape index (κ1) is 28.7. The van der Waals surface area contributed by atoms with Crippen LogP contribution in [-0.4, -0.2) is 52.1 Å². The third-order valence-corrected chi connectivity index (χ3v) is 1.49. The first-order valence-corrected chi connectivity index (χ1v) is 6.35. The monoisotopic (exact) mass is 330 g/mol. The molecule has 0 aromatic heterocycles. The Morgan fingerprint density at radius 2 is 0.500 bits per heavy atom. The molecule has 0 N–H and O–H groups in total. The summed E-state index contributed by atoms with van der Waals surface area (Å²) in [4.78, 5) is 60.2. The summed E-state index contributed by atoms with van der Waals surface area (Å²) in [6, 6.07) is 0. The number of rotatable bonds is 6. The van der Waals surface area contributed by atoms with E-state index in [0.29, 0.717) is 0 Å². The topological polar surface area (TPSA) is 102 Å². The van der Waals surface area contributed by atoms with Gasteiger partial charge in [-0.25, -0.2) is 0 Å².